The first-order valence-corrected chi connectivity index (χ1v) is 6.31. The molecule has 98 valence electrons. The molecule has 1 heterocycles. The van der Waals surface area contributed by atoms with Crippen molar-refractivity contribution in [1.82, 2.24) is 4.90 Å². The second-order valence-electron chi connectivity index (χ2n) is 4.62. The van der Waals surface area contributed by atoms with Crippen LogP contribution in [0.1, 0.15) is 24.1 Å². The van der Waals surface area contributed by atoms with Crippen molar-refractivity contribution in [3.05, 3.63) is 35.9 Å². The Morgan fingerprint density at radius 2 is 2.00 bits per heavy atom. The molecule has 0 fully saturated rings. The van der Waals surface area contributed by atoms with Crippen molar-refractivity contribution < 1.29 is 9.47 Å². The van der Waals surface area contributed by atoms with Gasteiger partial charge in [0.2, 0.25) is 0 Å². The average Bonchev–Trinajstić information content (AvgIpc) is 2.41. The van der Waals surface area contributed by atoms with Crippen molar-refractivity contribution in [3.8, 4) is 11.5 Å². The Labute approximate surface area is 109 Å². The van der Waals surface area contributed by atoms with Gasteiger partial charge >= 0.3 is 0 Å². The topological polar surface area (TPSA) is 21.7 Å². The quantitative estimate of drug-likeness (QED) is 0.764. The highest BCUT2D eigenvalue weighted by Gasteiger charge is 2.24. The van der Waals surface area contributed by atoms with Gasteiger partial charge in [-0.15, -0.1) is 6.58 Å². The van der Waals surface area contributed by atoms with Crippen LogP contribution in [0.2, 0.25) is 0 Å². The lowest BCUT2D eigenvalue weighted by Gasteiger charge is -2.35. The molecule has 0 amide bonds. The Morgan fingerprint density at radius 1 is 1.33 bits per heavy atom. The standard InChI is InChI=1S/C15H21NO2/c1-5-7-16-8-6-12-9-14(17-3)15(18-4)10-13(12)11(16)2/h5,9-11H,1,6-8H2,2-4H3. The summed E-state index contributed by atoms with van der Waals surface area (Å²) >= 11 is 0. The van der Waals surface area contributed by atoms with E-state index < -0.39 is 0 Å². The molecule has 0 N–H and O–H groups in total. The normalized spacial score (nSPS) is 19.2. The summed E-state index contributed by atoms with van der Waals surface area (Å²) in [5, 5.41) is 0. The number of hydrogen-bond donors (Lipinski definition) is 0. The third kappa shape index (κ3) is 2.23. The number of nitrogens with zero attached hydrogens (tertiary/aromatic N) is 1. The Kier molecular flexibility index (Phi) is 3.92. The van der Waals surface area contributed by atoms with Crippen LogP contribution in [0, 0.1) is 0 Å². The van der Waals surface area contributed by atoms with Gasteiger partial charge in [-0.3, -0.25) is 4.90 Å². The molecule has 0 spiro atoms. The molecule has 1 aliphatic heterocycles. The lowest BCUT2D eigenvalue weighted by Crippen LogP contribution is -2.34. The summed E-state index contributed by atoms with van der Waals surface area (Å²) in [4.78, 5) is 2.42. The second kappa shape index (κ2) is 5.44. The molecule has 0 saturated carbocycles. The van der Waals surface area contributed by atoms with Crippen molar-refractivity contribution in [2.24, 2.45) is 0 Å². The van der Waals surface area contributed by atoms with E-state index in [1.54, 1.807) is 14.2 Å². The van der Waals surface area contributed by atoms with Crippen LogP contribution in [-0.4, -0.2) is 32.2 Å². The number of rotatable bonds is 4. The minimum atomic E-state index is 0.395. The fourth-order valence-electron chi connectivity index (χ4n) is 2.61. The van der Waals surface area contributed by atoms with E-state index in [2.05, 4.69) is 30.5 Å². The first kappa shape index (κ1) is 13.0. The maximum absolute atomic E-state index is 5.38. The van der Waals surface area contributed by atoms with E-state index in [0.29, 0.717) is 6.04 Å². The van der Waals surface area contributed by atoms with Gasteiger partial charge in [-0.05, 0) is 36.6 Å². The molecule has 0 bridgehead atoms. The fraction of sp³-hybridized carbons (Fsp3) is 0.467. The zero-order chi connectivity index (χ0) is 13.1. The zero-order valence-corrected chi connectivity index (χ0v) is 11.4. The number of hydrogen-bond acceptors (Lipinski definition) is 3. The number of benzene rings is 1. The summed E-state index contributed by atoms with van der Waals surface area (Å²) in [6, 6.07) is 4.61. The highest BCUT2D eigenvalue weighted by molar-refractivity contribution is 5.49. The first-order chi connectivity index (χ1) is 8.71. The van der Waals surface area contributed by atoms with Crippen molar-refractivity contribution >= 4 is 0 Å². The molecule has 0 radical (unpaired) electrons. The smallest absolute Gasteiger partial charge is 0.161 e. The number of methoxy groups -OCH3 is 2. The SMILES string of the molecule is C=CCN1CCc2cc(OC)c(OC)cc2C1C. The lowest BCUT2D eigenvalue weighted by molar-refractivity contribution is 0.220. The molecule has 1 aliphatic rings. The van der Waals surface area contributed by atoms with Crippen LogP contribution in [0.3, 0.4) is 0 Å². The largest absolute Gasteiger partial charge is 0.493 e. The molecule has 0 aromatic heterocycles. The van der Waals surface area contributed by atoms with Crippen LogP contribution in [0.5, 0.6) is 11.5 Å². The third-order valence-corrected chi connectivity index (χ3v) is 3.68. The average molecular weight is 247 g/mol. The lowest BCUT2D eigenvalue weighted by atomic mass is 9.93. The van der Waals surface area contributed by atoms with Crippen molar-refractivity contribution in [3.63, 3.8) is 0 Å². The summed E-state index contributed by atoms with van der Waals surface area (Å²) in [7, 11) is 3.36. The predicted molar refractivity (Wildman–Crippen MR) is 73.4 cm³/mol. The number of fused-ring (bicyclic) bond motifs is 1. The van der Waals surface area contributed by atoms with Crippen LogP contribution in [0.25, 0.3) is 0 Å². The van der Waals surface area contributed by atoms with Gasteiger partial charge in [-0.1, -0.05) is 6.08 Å². The Hall–Kier alpha value is -1.48. The van der Waals surface area contributed by atoms with Gasteiger partial charge in [-0.2, -0.15) is 0 Å². The van der Waals surface area contributed by atoms with E-state index in [0.717, 1.165) is 31.0 Å². The van der Waals surface area contributed by atoms with Gasteiger partial charge in [0, 0.05) is 19.1 Å². The van der Waals surface area contributed by atoms with Crippen LogP contribution < -0.4 is 9.47 Å². The van der Waals surface area contributed by atoms with Crippen LogP contribution >= 0.6 is 0 Å². The predicted octanol–water partition coefficient (Wildman–Crippen LogP) is 2.81. The zero-order valence-electron chi connectivity index (χ0n) is 11.4. The molecule has 1 aromatic rings. The summed E-state index contributed by atoms with van der Waals surface area (Å²) in [6.45, 7) is 8.04. The van der Waals surface area contributed by atoms with Gasteiger partial charge in [0.1, 0.15) is 0 Å². The van der Waals surface area contributed by atoms with Crippen LogP contribution in [-0.2, 0) is 6.42 Å². The monoisotopic (exact) mass is 247 g/mol. The van der Waals surface area contributed by atoms with Crippen molar-refractivity contribution in [2.75, 3.05) is 27.3 Å². The fourth-order valence-corrected chi connectivity index (χ4v) is 2.61. The van der Waals surface area contributed by atoms with Crippen molar-refractivity contribution in [2.45, 2.75) is 19.4 Å². The van der Waals surface area contributed by atoms with E-state index >= 15 is 0 Å². The summed E-state index contributed by atoms with van der Waals surface area (Å²) in [5.74, 6) is 1.63. The minimum absolute atomic E-state index is 0.395. The van der Waals surface area contributed by atoms with Gasteiger partial charge < -0.3 is 9.47 Å². The maximum Gasteiger partial charge on any atom is 0.161 e. The van der Waals surface area contributed by atoms with E-state index in [9.17, 15) is 0 Å². The molecule has 2 rings (SSSR count). The Morgan fingerprint density at radius 3 is 2.61 bits per heavy atom. The summed E-state index contributed by atoms with van der Waals surface area (Å²) in [5.41, 5.74) is 2.70. The molecule has 0 aliphatic carbocycles. The van der Waals surface area contributed by atoms with Crippen LogP contribution in [0.15, 0.2) is 24.8 Å². The van der Waals surface area contributed by atoms with Gasteiger partial charge in [0.25, 0.3) is 0 Å². The molecule has 1 unspecified atom stereocenters. The van der Waals surface area contributed by atoms with E-state index in [1.807, 2.05) is 6.08 Å². The molecular formula is C15H21NO2. The Bertz CT molecular complexity index is 442. The minimum Gasteiger partial charge on any atom is -0.493 e. The van der Waals surface area contributed by atoms with E-state index in [-0.39, 0.29) is 0 Å². The van der Waals surface area contributed by atoms with E-state index in [4.69, 9.17) is 9.47 Å². The summed E-state index contributed by atoms with van der Waals surface area (Å²) < 4.78 is 10.7. The molecule has 3 heteroatoms. The molecule has 3 nitrogen and oxygen atoms in total. The highest BCUT2D eigenvalue weighted by Crippen LogP contribution is 2.37. The maximum atomic E-state index is 5.38. The first-order valence-electron chi connectivity index (χ1n) is 6.31. The second-order valence-corrected chi connectivity index (χ2v) is 4.62. The van der Waals surface area contributed by atoms with Crippen molar-refractivity contribution in [1.29, 1.82) is 0 Å². The molecule has 1 atom stereocenters. The van der Waals surface area contributed by atoms with Gasteiger partial charge in [-0.25, -0.2) is 0 Å². The number of ether oxygens (including phenoxy) is 2. The van der Waals surface area contributed by atoms with E-state index in [1.165, 1.54) is 11.1 Å². The van der Waals surface area contributed by atoms with Crippen LogP contribution in [0.4, 0.5) is 0 Å². The molecular weight excluding hydrogens is 226 g/mol. The molecule has 18 heavy (non-hydrogen) atoms. The summed E-state index contributed by atoms with van der Waals surface area (Å²) in [6.07, 6.45) is 3.01. The third-order valence-electron chi connectivity index (χ3n) is 3.68. The van der Waals surface area contributed by atoms with Gasteiger partial charge in [0.05, 0.1) is 14.2 Å². The molecule has 1 aromatic carbocycles. The highest BCUT2D eigenvalue weighted by atomic mass is 16.5. The molecule has 0 saturated heterocycles. The van der Waals surface area contributed by atoms with Gasteiger partial charge in [0.15, 0.2) is 11.5 Å². The Balaban J connectivity index is 2.38.